The van der Waals surface area contributed by atoms with E-state index in [-0.39, 0.29) is 17.2 Å². The lowest BCUT2D eigenvalue weighted by molar-refractivity contribution is 0.284. The first kappa shape index (κ1) is 18.2. The van der Waals surface area contributed by atoms with Crippen molar-refractivity contribution in [1.29, 1.82) is 0 Å². The highest BCUT2D eigenvalue weighted by Gasteiger charge is 2.43. The molecule has 1 unspecified atom stereocenters. The molecule has 0 amide bonds. The van der Waals surface area contributed by atoms with Crippen molar-refractivity contribution >= 4 is 5.70 Å². The van der Waals surface area contributed by atoms with Gasteiger partial charge in [0.15, 0.2) is 0 Å². The molecule has 0 radical (unpaired) electrons. The summed E-state index contributed by atoms with van der Waals surface area (Å²) in [7, 11) is 0. The largest absolute Gasteiger partial charge is 0.401 e. The normalized spacial score (nSPS) is 21.5. The van der Waals surface area contributed by atoms with Crippen molar-refractivity contribution in [3.8, 4) is 0 Å². The maximum atomic E-state index is 14.0. The third kappa shape index (κ3) is 2.89. The van der Waals surface area contributed by atoms with Gasteiger partial charge in [0.2, 0.25) is 0 Å². The average Bonchev–Trinajstić information content (AvgIpc) is 3.11. The SMILES string of the molecule is CC(C)C1(c2ccon2)CCCC(/C=C(\N)c2c(F)cccc2F)=C1N. The molecular weight excluding hydrogens is 336 g/mol. The molecule has 6 heteroatoms. The molecule has 1 aliphatic rings. The van der Waals surface area contributed by atoms with Crippen LogP contribution >= 0.6 is 0 Å². The number of rotatable bonds is 4. The Hall–Kier alpha value is -2.63. The lowest BCUT2D eigenvalue weighted by Crippen LogP contribution is -2.41. The van der Waals surface area contributed by atoms with E-state index < -0.39 is 17.0 Å². The van der Waals surface area contributed by atoms with E-state index in [0.29, 0.717) is 12.1 Å². The molecule has 4 N–H and O–H groups in total. The second kappa shape index (κ2) is 6.94. The number of hydrogen-bond acceptors (Lipinski definition) is 4. The summed E-state index contributed by atoms with van der Waals surface area (Å²) in [5.41, 5.74) is 14.1. The summed E-state index contributed by atoms with van der Waals surface area (Å²) in [4.78, 5) is 0. The van der Waals surface area contributed by atoms with Crippen molar-refractivity contribution in [2.24, 2.45) is 17.4 Å². The van der Waals surface area contributed by atoms with E-state index in [9.17, 15) is 8.78 Å². The van der Waals surface area contributed by atoms with Gasteiger partial charge in [0.05, 0.1) is 16.7 Å². The van der Waals surface area contributed by atoms with Crippen molar-refractivity contribution in [3.05, 3.63) is 70.8 Å². The van der Waals surface area contributed by atoms with Crippen LogP contribution in [0.15, 0.2) is 52.4 Å². The van der Waals surface area contributed by atoms with E-state index in [0.717, 1.165) is 24.1 Å². The predicted octanol–water partition coefficient (Wildman–Crippen LogP) is 4.24. The second-order valence-electron chi connectivity index (χ2n) is 7.00. The van der Waals surface area contributed by atoms with Crippen molar-refractivity contribution < 1.29 is 13.3 Å². The second-order valence-corrected chi connectivity index (χ2v) is 7.00. The zero-order valence-electron chi connectivity index (χ0n) is 14.9. The van der Waals surface area contributed by atoms with Gasteiger partial charge >= 0.3 is 0 Å². The van der Waals surface area contributed by atoms with E-state index >= 15 is 0 Å². The van der Waals surface area contributed by atoms with E-state index in [4.69, 9.17) is 16.0 Å². The minimum Gasteiger partial charge on any atom is -0.401 e. The smallest absolute Gasteiger partial charge is 0.135 e. The van der Waals surface area contributed by atoms with Crippen LogP contribution in [0, 0.1) is 17.6 Å². The Bertz CT molecular complexity index is 836. The van der Waals surface area contributed by atoms with Gasteiger partial charge in [-0.05, 0) is 49.0 Å². The van der Waals surface area contributed by atoms with Gasteiger partial charge in [-0.2, -0.15) is 0 Å². The fraction of sp³-hybridized carbons (Fsp3) is 0.350. The van der Waals surface area contributed by atoms with E-state index in [1.54, 1.807) is 6.08 Å². The zero-order valence-corrected chi connectivity index (χ0v) is 14.9. The van der Waals surface area contributed by atoms with Crippen molar-refractivity contribution in [1.82, 2.24) is 5.16 Å². The molecule has 1 atom stereocenters. The lowest BCUT2D eigenvalue weighted by atomic mass is 9.64. The Morgan fingerprint density at radius 1 is 1.27 bits per heavy atom. The van der Waals surface area contributed by atoms with Crippen LogP contribution < -0.4 is 11.5 Å². The highest BCUT2D eigenvalue weighted by Crippen LogP contribution is 2.46. The maximum absolute atomic E-state index is 14.0. The first-order valence-electron chi connectivity index (χ1n) is 8.69. The Labute approximate surface area is 151 Å². The summed E-state index contributed by atoms with van der Waals surface area (Å²) in [6, 6.07) is 5.50. The van der Waals surface area contributed by atoms with E-state index in [1.165, 1.54) is 24.5 Å². The van der Waals surface area contributed by atoms with Gasteiger partial charge in [-0.25, -0.2) is 8.78 Å². The Kier molecular flexibility index (Phi) is 4.85. The van der Waals surface area contributed by atoms with Gasteiger partial charge < -0.3 is 16.0 Å². The summed E-state index contributed by atoms with van der Waals surface area (Å²) >= 11 is 0. The molecule has 0 saturated carbocycles. The highest BCUT2D eigenvalue weighted by atomic mass is 19.1. The Morgan fingerprint density at radius 3 is 2.54 bits per heavy atom. The molecular formula is C20H23F2N3O. The van der Waals surface area contributed by atoms with Gasteiger partial charge in [-0.3, -0.25) is 0 Å². The van der Waals surface area contributed by atoms with Gasteiger partial charge in [0.25, 0.3) is 0 Å². The van der Waals surface area contributed by atoms with Gasteiger partial charge in [-0.1, -0.05) is 25.1 Å². The van der Waals surface area contributed by atoms with Crippen LogP contribution in [0.1, 0.15) is 44.4 Å². The molecule has 1 heterocycles. The van der Waals surface area contributed by atoms with Gasteiger partial charge in [0.1, 0.15) is 17.9 Å². The van der Waals surface area contributed by atoms with Crippen molar-refractivity contribution in [2.75, 3.05) is 0 Å². The lowest BCUT2D eigenvalue weighted by Gasteiger charge is -2.40. The average molecular weight is 359 g/mol. The quantitative estimate of drug-likeness (QED) is 0.856. The van der Waals surface area contributed by atoms with Crippen LogP contribution in [0.5, 0.6) is 0 Å². The topological polar surface area (TPSA) is 78.1 Å². The number of halogens is 2. The van der Waals surface area contributed by atoms with Crippen LogP contribution in [0.3, 0.4) is 0 Å². The number of hydrogen-bond donors (Lipinski definition) is 2. The zero-order chi connectivity index (χ0) is 18.9. The molecule has 1 aromatic heterocycles. The highest BCUT2D eigenvalue weighted by molar-refractivity contribution is 5.67. The van der Waals surface area contributed by atoms with Gasteiger partial charge in [-0.15, -0.1) is 0 Å². The number of aromatic nitrogens is 1. The summed E-state index contributed by atoms with van der Waals surface area (Å²) in [6.45, 7) is 4.15. The van der Waals surface area contributed by atoms with Crippen LogP contribution in [0.25, 0.3) is 5.70 Å². The molecule has 0 spiro atoms. The standard InChI is InChI=1S/C20H23F2N3O/c1-12(2)20(17-8-10-26-25-17)9-4-5-13(19(20)24)11-16(23)18-14(21)6-3-7-15(18)22/h3,6-8,10-12H,4-5,9,23-24H2,1-2H3/b16-11-. The van der Waals surface area contributed by atoms with Crippen LogP contribution in [0.2, 0.25) is 0 Å². The van der Waals surface area contributed by atoms with Crippen molar-refractivity contribution in [3.63, 3.8) is 0 Å². The van der Waals surface area contributed by atoms with Gasteiger partial charge in [0, 0.05) is 17.5 Å². The number of nitrogens with zero attached hydrogens (tertiary/aromatic N) is 1. The molecule has 138 valence electrons. The summed E-state index contributed by atoms with van der Waals surface area (Å²) in [6.07, 6.45) is 5.50. The third-order valence-corrected chi connectivity index (χ3v) is 5.31. The van der Waals surface area contributed by atoms with Crippen LogP contribution in [-0.4, -0.2) is 5.16 Å². The fourth-order valence-electron chi connectivity index (χ4n) is 3.90. The number of nitrogens with two attached hydrogens (primary N) is 2. The molecule has 1 aliphatic carbocycles. The van der Waals surface area contributed by atoms with Crippen molar-refractivity contribution in [2.45, 2.75) is 38.5 Å². The van der Waals surface area contributed by atoms with Crippen LogP contribution in [-0.2, 0) is 5.41 Å². The maximum Gasteiger partial charge on any atom is 0.135 e. The fourth-order valence-corrected chi connectivity index (χ4v) is 3.90. The Morgan fingerprint density at radius 2 is 1.96 bits per heavy atom. The van der Waals surface area contributed by atoms with E-state index in [2.05, 4.69) is 19.0 Å². The molecule has 0 aliphatic heterocycles. The monoisotopic (exact) mass is 359 g/mol. The Balaban J connectivity index is 2.12. The predicted molar refractivity (Wildman–Crippen MR) is 96.6 cm³/mol. The molecule has 2 aromatic rings. The first-order valence-corrected chi connectivity index (χ1v) is 8.69. The molecule has 26 heavy (non-hydrogen) atoms. The van der Waals surface area contributed by atoms with E-state index in [1.807, 2.05) is 6.07 Å². The number of allylic oxidation sites excluding steroid dienone is 3. The summed E-state index contributed by atoms with van der Waals surface area (Å²) in [5.74, 6) is -1.22. The molecule has 0 saturated heterocycles. The third-order valence-electron chi connectivity index (χ3n) is 5.31. The number of benzene rings is 1. The molecule has 4 nitrogen and oxygen atoms in total. The molecule has 3 rings (SSSR count). The summed E-state index contributed by atoms with van der Waals surface area (Å²) < 4.78 is 33.1. The molecule has 1 aromatic carbocycles. The molecule has 0 bridgehead atoms. The first-order chi connectivity index (χ1) is 12.4. The molecule has 0 fully saturated rings. The summed E-state index contributed by atoms with van der Waals surface area (Å²) in [5, 5.41) is 4.12. The van der Waals surface area contributed by atoms with Crippen LogP contribution in [0.4, 0.5) is 8.78 Å². The minimum absolute atomic E-state index is 0.0262. The minimum atomic E-state index is -0.694.